The number of rotatable bonds is 9. The van der Waals surface area contributed by atoms with Gasteiger partial charge in [0.2, 0.25) is 11.8 Å². The summed E-state index contributed by atoms with van der Waals surface area (Å²) in [5.41, 5.74) is 3.46. The first-order valence-corrected chi connectivity index (χ1v) is 10.9. The molecule has 0 aliphatic carbocycles. The SMILES string of the molecule is CCC(C(=O)NC)N(Cc1ccc(OC)cc1)C(=O)CCc1ccc(C(C)(C)C)cc1. The standard InChI is InChI=1S/C26H36N2O3/c1-7-23(25(30)27-5)28(18-20-10-15-22(31-6)16-11-20)24(29)17-12-19-8-13-21(14-9-19)26(2,3)4/h8-11,13-16,23H,7,12,17-18H2,1-6H3,(H,27,30). The Morgan fingerprint density at radius 2 is 1.58 bits per heavy atom. The number of carbonyl (C=O) groups is 2. The van der Waals surface area contributed by atoms with Crippen LogP contribution >= 0.6 is 0 Å². The Kier molecular flexibility index (Phi) is 8.66. The molecule has 0 saturated heterocycles. The van der Waals surface area contributed by atoms with Crippen LogP contribution in [-0.4, -0.2) is 36.9 Å². The molecule has 0 aliphatic heterocycles. The van der Waals surface area contributed by atoms with E-state index < -0.39 is 6.04 Å². The summed E-state index contributed by atoms with van der Waals surface area (Å²) in [6.45, 7) is 8.88. The lowest BCUT2D eigenvalue weighted by Gasteiger charge is -2.30. The highest BCUT2D eigenvalue weighted by Crippen LogP contribution is 2.23. The van der Waals surface area contributed by atoms with Gasteiger partial charge in [-0.05, 0) is 47.1 Å². The van der Waals surface area contributed by atoms with E-state index in [2.05, 4.69) is 50.4 Å². The Bertz CT molecular complexity index is 852. The molecule has 2 rings (SSSR count). The number of hydrogen-bond donors (Lipinski definition) is 1. The van der Waals surface area contributed by atoms with E-state index in [1.54, 1.807) is 19.1 Å². The number of benzene rings is 2. The van der Waals surface area contributed by atoms with Crippen molar-refractivity contribution in [1.29, 1.82) is 0 Å². The van der Waals surface area contributed by atoms with Crippen LogP contribution in [0.25, 0.3) is 0 Å². The van der Waals surface area contributed by atoms with Gasteiger partial charge in [0.05, 0.1) is 7.11 Å². The first kappa shape index (κ1) is 24.4. The fourth-order valence-electron chi connectivity index (χ4n) is 3.58. The number of carbonyl (C=O) groups excluding carboxylic acids is 2. The van der Waals surface area contributed by atoms with Crippen LogP contribution in [0, 0.1) is 0 Å². The van der Waals surface area contributed by atoms with Crippen LogP contribution in [0.3, 0.4) is 0 Å². The molecule has 5 heteroatoms. The molecule has 1 unspecified atom stereocenters. The van der Waals surface area contributed by atoms with Crippen molar-refractivity contribution in [2.45, 2.75) is 65.0 Å². The van der Waals surface area contributed by atoms with Gasteiger partial charge in [0.1, 0.15) is 11.8 Å². The van der Waals surface area contributed by atoms with E-state index in [0.717, 1.165) is 16.9 Å². The molecule has 2 aromatic rings. The third-order valence-corrected chi connectivity index (χ3v) is 5.59. The number of methoxy groups -OCH3 is 1. The van der Waals surface area contributed by atoms with Gasteiger partial charge < -0.3 is 15.0 Å². The van der Waals surface area contributed by atoms with Crippen molar-refractivity contribution in [1.82, 2.24) is 10.2 Å². The number of nitrogens with zero attached hydrogens (tertiary/aromatic N) is 1. The molecule has 31 heavy (non-hydrogen) atoms. The molecule has 2 aromatic carbocycles. The molecule has 5 nitrogen and oxygen atoms in total. The lowest BCUT2D eigenvalue weighted by atomic mass is 9.86. The summed E-state index contributed by atoms with van der Waals surface area (Å²) in [4.78, 5) is 27.4. The summed E-state index contributed by atoms with van der Waals surface area (Å²) in [7, 11) is 3.23. The maximum absolute atomic E-state index is 13.2. The lowest BCUT2D eigenvalue weighted by Crippen LogP contribution is -2.48. The molecule has 0 heterocycles. The fourth-order valence-corrected chi connectivity index (χ4v) is 3.58. The Hall–Kier alpha value is -2.82. The summed E-state index contributed by atoms with van der Waals surface area (Å²) in [5.74, 6) is 0.601. The highest BCUT2D eigenvalue weighted by Gasteiger charge is 2.27. The van der Waals surface area contributed by atoms with Gasteiger partial charge in [-0.2, -0.15) is 0 Å². The van der Waals surface area contributed by atoms with E-state index in [4.69, 9.17) is 4.74 Å². The molecule has 168 valence electrons. The Balaban J connectivity index is 2.15. The number of aryl methyl sites for hydroxylation is 1. The van der Waals surface area contributed by atoms with Gasteiger partial charge in [-0.1, -0.05) is 64.1 Å². The third-order valence-electron chi connectivity index (χ3n) is 5.59. The molecule has 0 bridgehead atoms. The van der Waals surface area contributed by atoms with E-state index in [0.29, 0.717) is 25.8 Å². The Morgan fingerprint density at radius 1 is 1.00 bits per heavy atom. The quantitative estimate of drug-likeness (QED) is 0.646. The molecule has 0 radical (unpaired) electrons. The van der Waals surface area contributed by atoms with Crippen molar-refractivity contribution < 1.29 is 14.3 Å². The van der Waals surface area contributed by atoms with Crippen molar-refractivity contribution in [3.8, 4) is 5.75 Å². The van der Waals surface area contributed by atoms with Gasteiger partial charge in [-0.15, -0.1) is 0 Å². The van der Waals surface area contributed by atoms with Crippen molar-refractivity contribution in [3.05, 3.63) is 65.2 Å². The minimum absolute atomic E-state index is 0.0221. The van der Waals surface area contributed by atoms with Gasteiger partial charge in [0, 0.05) is 20.0 Å². The van der Waals surface area contributed by atoms with Crippen LogP contribution in [0.1, 0.15) is 57.2 Å². The zero-order valence-electron chi connectivity index (χ0n) is 19.7. The zero-order valence-corrected chi connectivity index (χ0v) is 19.7. The van der Waals surface area contributed by atoms with Gasteiger partial charge >= 0.3 is 0 Å². The highest BCUT2D eigenvalue weighted by molar-refractivity contribution is 5.87. The summed E-state index contributed by atoms with van der Waals surface area (Å²) >= 11 is 0. The van der Waals surface area contributed by atoms with Gasteiger partial charge in [-0.3, -0.25) is 9.59 Å². The monoisotopic (exact) mass is 424 g/mol. The molecule has 0 aliphatic rings. The highest BCUT2D eigenvalue weighted by atomic mass is 16.5. The molecule has 0 aromatic heterocycles. The number of ether oxygens (including phenoxy) is 1. The van der Waals surface area contributed by atoms with Crippen LogP contribution in [0.5, 0.6) is 5.75 Å². The fraction of sp³-hybridized carbons (Fsp3) is 0.462. The second-order valence-corrected chi connectivity index (χ2v) is 8.85. The second-order valence-electron chi connectivity index (χ2n) is 8.85. The molecule has 0 fully saturated rings. The van der Waals surface area contributed by atoms with Crippen LogP contribution in [0.4, 0.5) is 0 Å². The largest absolute Gasteiger partial charge is 0.497 e. The average Bonchev–Trinajstić information content (AvgIpc) is 2.77. The van der Waals surface area contributed by atoms with Crippen molar-refractivity contribution in [3.63, 3.8) is 0 Å². The lowest BCUT2D eigenvalue weighted by molar-refractivity contribution is -0.141. The van der Waals surface area contributed by atoms with Gasteiger partial charge in [0.25, 0.3) is 0 Å². The van der Waals surface area contributed by atoms with Crippen molar-refractivity contribution in [2.75, 3.05) is 14.2 Å². The number of amides is 2. The normalized spacial score (nSPS) is 12.2. The summed E-state index contributed by atoms with van der Waals surface area (Å²) in [6, 6.07) is 15.6. The predicted octanol–water partition coefficient (Wildman–Crippen LogP) is 4.48. The Morgan fingerprint density at radius 3 is 2.06 bits per heavy atom. The van der Waals surface area contributed by atoms with Crippen molar-refractivity contribution in [2.24, 2.45) is 0 Å². The zero-order chi connectivity index (χ0) is 23.0. The molecule has 0 saturated carbocycles. The van der Waals surface area contributed by atoms with Gasteiger partial charge in [0.15, 0.2) is 0 Å². The molecular weight excluding hydrogens is 388 g/mol. The van der Waals surface area contributed by atoms with E-state index in [1.807, 2.05) is 31.2 Å². The minimum atomic E-state index is -0.497. The van der Waals surface area contributed by atoms with E-state index >= 15 is 0 Å². The van der Waals surface area contributed by atoms with E-state index in [1.165, 1.54) is 5.56 Å². The minimum Gasteiger partial charge on any atom is -0.497 e. The first-order valence-electron chi connectivity index (χ1n) is 10.9. The summed E-state index contributed by atoms with van der Waals surface area (Å²) < 4.78 is 5.22. The third kappa shape index (κ3) is 6.84. The molecule has 2 amide bonds. The van der Waals surface area contributed by atoms with Crippen molar-refractivity contribution >= 4 is 11.8 Å². The van der Waals surface area contributed by atoms with Crippen LogP contribution in [0.2, 0.25) is 0 Å². The maximum Gasteiger partial charge on any atom is 0.242 e. The van der Waals surface area contributed by atoms with E-state index in [-0.39, 0.29) is 17.2 Å². The maximum atomic E-state index is 13.2. The average molecular weight is 425 g/mol. The second kappa shape index (κ2) is 11.0. The van der Waals surface area contributed by atoms with Crippen LogP contribution in [-0.2, 0) is 28.0 Å². The van der Waals surface area contributed by atoms with Crippen LogP contribution < -0.4 is 10.1 Å². The Labute approximate surface area is 186 Å². The molecule has 0 spiro atoms. The van der Waals surface area contributed by atoms with E-state index in [9.17, 15) is 9.59 Å². The smallest absolute Gasteiger partial charge is 0.242 e. The van der Waals surface area contributed by atoms with Crippen LogP contribution in [0.15, 0.2) is 48.5 Å². The summed E-state index contributed by atoms with van der Waals surface area (Å²) in [5, 5.41) is 2.70. The van der Waals surface area contributed by atoms with Gasteiger partial charge in [-0.25, -0.2) is 0 Å². The molecular formula is C26H36N2O3. The number of hydrogen-bond acceptors (Lipinski definition) is 3. The first-order chi connectivity index (χ1) is 14.7. The predicted molar refractivity (Wildman–Crippen MR) is 125 cm³/mol. The summed E-state index contributed by atoms with van der Waals surface area (Å²) in [6.07, 6.45) is 1.56. The number of likely N-dealkylation sites (N-methyl/N-ethyl adjacent to an activating group) is 1. The molecule has 1 atom stereocenters. The number of nitrogens with one attached hydrogen (secondary N) is 1. The topological polar surface area (TPSA) is 58.6 Å². The molecule has 1 N–H and O–H groups in total.